The molecule has 2 nitrogen and oxygen atoms in total. The lowest BCUT2D eigenvalue weighted by molar-refractivity contribution is 0.404. The molecule has 0 aromatic heterocycles. The van der Waals surface area contributed by atoms with Crippen LogP contribution >= 0.6 is 0 Å². The molecule has 0 spiro atoms. The molecule has 2 heteroatoms. The number of benzene rings is 1. The Kier molecular flexibility index (Phi) is 3.43. The number of fused-ring (bicyclic) bond motifs is 1. The Labute approximate surface area is 105 Å². The van der Waals surface area contributed by atoms with E-state index in [4.69, 9.17) is 0 Å². The Balaban J connectivity index is 1.98. The molecule has 0 saturated carbocycles. The first-order valence-electron chi connectivity index (χ1n) is 6.55. The Morgan fingerprint density at radius 1 is 1.35 bits per heavy atom. The maximum atomic E-state index is 3.65. The summed E-state index contributed by atoms with van der Waals surface area (Å²) in [5.41, 5.74) is 4.33. The fourth-order valence-electron chi connectivity index (χ4n) is 2.25. The summed E-state index contributed by atoms with van der Waals surface area (Å²) in [6, 6.07) is 7.28. The van der Waals surface area contributed by atoms with Crippen molar-refractivity contribution in [2.75, 3.05) is 11.9 Å². The van der Waals surface area contributed by atoms with Gasteiger partial charge < -0.3 is 10.6 Å². The van der Waals surface area contributed by atoms with Crippen LogP contribution in [-0.4, -0.2) is 18.1 Å². The van der Waals surface area contributed by atoms with Gasteiger partial charge in [0.1, 0.15) is 0 Å². The molecule has 0 amide bonds. The van der Waals surface area contributed by atoms with Gasteiger partial charge in [-0.2, -0.15) is 0 Å². The Morgan fingerprint density at radius 3 is 2.82 bits per heavy atom. The minimum Gasteiger partial charge on any atom is -0.381 e. The highest BCUT2D eigenvalue weighted by Crippen LogP contribution is 2.25. The number of nitrogens with one attached hydrogen (secondary N) is 2. The monoisotopic (exact) mass is 232 g/mol. The van der Waals surface area contributed by atoms with Crippen molar-refractivity contribution in [3.8, 4) is 0 Å². The smallest absolute Gasteiger partial charge is 0.0389 e. The van der Waals surface area contributed by atoms with Crippen LogP contribution in [0.25, 0.3) is 0 Å². The molecule has 1 atom stereocenters. The summed E-state index contributed by atoms with van der Waals surface area (Å²) in [6.45, 7) is 9.84. The molecule has 17 heavy (non-hydrogen) atoms. The lowest BCUT2D eigenvalue weighted by atomic mass is 9.96. The van der Waals surface area contributed by atoms with Crippen LogP contribution in [-0.2, 0) is 6.42 Å². The van der Waals surface area contributed by atoms with Gasteiger partial charge in [0, 0.05) is 23.8 Å². The van der Waals surface area contributed by atoms with Crippen molar-refractivity contribution < 1.29 is 0 Å². The van der Waals surface area contributed by atoms with Gasteiger partial charge in [-0.1, -0.05) is 12.1 Å². The van der Waals surface area contributed by atoms with E-state index in [2.05, 4.69) is 56.5 Å². The van der Waals surface area contributed by atoms with Crippen molar-refractivity contribution in [1.29, 1.82) is 0 Å². The summed E-state index contributed by atoms with van der Waals surface area (Å²) in [5.74, 6) is 0. The van der Waals surface area contributed by atoms with Crippen molar-refractivity contribution in [3.63, 3.8) is 0 Å². The highest BCUT2D eigenvalue weighted by atomic mass is 15.0. The van der Waals surface area contributed by atoms with Gasteiger partial charge in [-0.25, -0.2) is 0 Å². The average molecular weight is 232 g/mol. The molecular weight excluding hydrogens is 208 g/mol. The second-order valence-corrected chi connectivity index (χ2v) is 6.17. The van der Waals surface area contributed by atoms with E-state index in [1.54, 1.807) is 0 Å². The minimum absolute atomic E-state index is 0.203. The molecule has 1 unspecified atom stereocenters. The van der Waals surface area contributed by atoms with Gasteiger partial charge in [-0.3, -0.25) is 0 Å². The molecule has 2 rings (SSSR count). The topological polar surface area (TPSA) is 24.1 Å². The molecule has 1 heterocycles. The largest absolute Gasteiger partial charge is 0.381 e. The zero-order chi connectivity index (χ0) is 12.5. The standard InChI is InChI=1S/C15H24N2/c1-11-5-6-12-7-8-13(17-14(12)9-11)10-16-15(2,3)4/h5-6,9,13,16-17H,7-8,10H2,1-4H3. The van der Waals surface area contributed by atoms with Gasteiger partial charge in [-0.05, 0) is 57.7 Å². The molecule has 0 saturated heterocycles. The number of aryl methyl sites for hydroxylation is 2. The Bertz CT molecular complexity index is 390. The molecule has 94 valence electrons. The molecule has 1 aromatic carbocycles. The fourth-order valence-corrected chi connectivity index (χ4v) is 2.25. The predicted octanol–water partition coefficient (Wildman–Crippen LogP) is 3.11. The Hall–Kier alpha value is -1.02. The third-order valence-corrected chi connectivity index (χ3v) is 3.27. The van der Waals surface area contributed by atoms with Crippen molar-refractivity contribution >= 4 is 5.69 Å². The van der Waals surface area contributed by atoms with Gasteiger partial charge in [0.15, 0.2) is 0 Å². The zero-order valence-corrected chi connectivity index (χ0v) is 11.4. The number of anilines is 1. The summed E-state index contributed by atoms with van der Waals surface area (Å²) < 4.78 is 0. The first kappa shape index (κ1) is 12.4. The molecule has 0 fully saturated rings. The van der Waals surface area contributed by atoms with E-state index in [1.165, 1.54) is 29.7 Å². The van der Waals surface area contributed by atoms with Crippen LogP contribution in [0.5, 0.6) is 0 Å². The van der Waals surface area contributed by atoms with Crippen LogP contribution in [0.2, 0.25) is 0 Å². The highest BCUT2D eigenvalue weighted by Gasteiger charge is 2.19. The van der Waals surface area contributed by atoms with Crippen LogP contribution in [0.4, 0.5) is 5.69 Å². The second-order valence-electron chi connectivity index (χ2n) is 6.17. The van der Waals surface area contributed by atoms with E-state index in [1.807, 2.05) is 0 Å². The van der Waals surface area contributed by atoms with E-state index in [9.17, 15) is 0 Å². The molecule has 1 aliphatic rings. The Morgan fingerprint density at radius 2 is 2.12 bits per heavy atom. The number of hydrogen-bond donors (Lipinski definition) is 2. The van der Waals surface area contributed by atoms with Crippen molar-refractivity contribution in [3.05, 3.63) is 29.3 Å². The quantitative estimate of drug-likeness (QED) is 0.818. The lowest BCUT2D eigenvalue weighted by Gasteiger charge is -2.30. The SMILES string of the molecule is Cc1ccc2c(c1)NC(CNC(C)(C)C)CC2. The highest BCUT2D eigenvalue weighted by molar-refractivity contribution is 5.55. The molecule has 1 aliphatic heterocycles. The molecular formula is C15H24N2. The summed E-state index contributed by atoms with van der Waals surface area (Å²) in [5, 5.41) is 7.22. The maximum Gasteiger partial charge on any atom is 0.0389 e. The lowest BCUT2D eigenvalue weighted by Crippen LogP contribution is -2.44. The van der Waals surface area contributed by atoms with Crippen LogP contribution in [0.3, 0.4) is 0 Å². The van der Waals surface area contributed by atoms with Crippen LogP contribution in [0.15, 0.2) is 18.2 Å². The van der Waals surface area contributed by atoms with Gasteiger partial charge in [0.05, 0.1) is 0 Å². The van der Waals surface area contributed by atoms with E-state index in [-0.39, 0.29) is 5.54 Å². The van der Waals surface area contributed by atoms with Crippen LogP contribution in [0, 0.1) is 6.92 Å². The van der Waals surface area contributed by atoms with Crippen LogP contribution < -0.4 is 10.6 Å². The van der Waals surface area contributed by atoms with E-state index >= 15 is 0 Å². The van der Waals surface area contributed by atoms with Gasteiger partial charge in [0.25, 0.3) is 0 Å². The summed E-state index contributed by atoms with van der Waals surface area (Å²) in [4.78, 5) is 0. The average Bonchev–Trinajstić information content (AvgIpc) is 2.24. The van der Waals surface area contributed by atoms with E-state index < -0.39 is 0 Å². The summed E-state index contributed by atoms with van der Waals surface area (Å²) in [7, 11) is 0. The second kappa shape index (κ2) is 4.69. The number of rotatable bonds is 2. The van der Waals surface area contributed by atoms with Crippen LogP contribution in [0.1, 0.15) is 38.3 Å². The van der Waals surface area contributed by atoms with Crippen molar-refractivity contribution in [2.45, 2.75) is 52.1 Å². The molecule has 1 aromatic rings. The zero-order valence-electron chi connectivity index (χ0n) is 11.4. The molecule has 0 aliphatic carbocycles. The normalized spacial score (nSPS) is 19.6. The summed E-state index contributed by atoms with van der Waals surface area (Å²) >= 11 is 0. The molecule has 0 bridgehead atoms. The van der Waals surface area contributed by atoms with E-state index in [0.717, 1.165) is 6.54 Å². The van der Waals surface area contributed by atoms with Gasteiger partial charge >= 0.3 is 0 Å². The fraction of sp³-hybridized carbons (Fsp3) is 0.600. The number of hydrogen-bond acceptors (Lipinski definition) is 2. The van der Waals surface area contributed by atoms with Gasteiger partial charge in [0.2, 0.25) is 0 Å². The van der Waals surface area contributed by atoms with Crippen molar-refractivity contribution in [2.24, 2.45) is 0 Å². The summed E-state index contributed by atoms with van der Waals surface area (Å²) in [6.07, 6.45) is 2.41. The predicted molar refractivity (Wildman–Crippen MR) is 74.7 cm³/mol. The maximum absolute atomic E-state index is 3.65. The molecule has 2 N–H and O–H groups in total. The van der Waals surface area contributed by atoms with E-state index in [0.29, 0.717) is 6.04 Å². The van der Waals surface area contributed by atoms with Crippen molar-refractivity contribution in [1.82, 2.24) is 5.32 Å². The third-order valence-electron chi connectivity index (χ3n) is 3.27. The first-order chi connectivity index (χ1) is 7.94. The van der Waals surface area contributed by atoms with Gasteiger partial charge in [-0.15, -0.1) is 0 Å². The molecule has 0 radical (unpaired) electrons. The third kappa shape index (κ3) is 3.47. The first-order valence-corrected chi connectivity index (χ1v) is 6.55. The minimum atomic E-state index is 0.203.